The van der Waals surface area contributed by atoms with Gasteiger partial charge in [-0.05, 0) is 49.6 Å². The number of amides is 1. The highest BCUT2D eigenvalue weighted by Gasteiger charge is 2.33. The molecule has 3 atom stereocenters. The number of anilines is 2. The number of aliphatic hydroxyl groups is 1. The van der Waals surface area contributed by atoms with Crippen molar-refractivity contribution in [1.29, 1.82) is 0 Å². The number of fused-ring (bicyclic) bond motifs is 1. The molecule has 0 bridgehead atoms. The number of rotatable bonds is 7. The fourth-order valence-corrected chi connectivity index (χ4v) is 4.10. The van der Waals surface area contributed by atoms with Crippen LogP contribution in [0.5, 0.6) is 0 Å². The summed E-state index contributed by atoms with van der Waals surface area (Å²) >= 11 is 0. The van der Waals surface area contributed by atoms with Gasteiger partial charge in [0.05, 0.1) is 18.3 Å². The Hall–Kier alpha value is -3.53. The van der Waals surface area contributed by atoms with Gasteiger partial charge < -0.3 is 15.1 Å². The van der Waals surface area contributed by atoms with Crippen molar-refractivity contribution < 1.29 is 24.2 Å². The van der Waals surface area contributed by atoms with Gasteiger partial charge in [-0.25, -0.2) is 14.2 Å². The lowest BCUT2D eigenvalue weighted by Gasteiger charge is -2.27. The lowest BCUT2D eigenvalue weighted by atomic mass is 10.0. The van der Waals surface area contributed by atoms with Crippen molar-refractivity contribution in [1.82, 2.24) is 14.6 Å². The summed E-state index contributed by atoms with van der Waals surface area (Å²) in [4.78, 5) is 30.5. The van der Waals surface area contributed by atoms with Crippen LogP contribution in [0.3, 0.4) is 0 Å². The predicted octanol–water partition coefficient (Wildman–Crippen LogP) is 2.01. The molecule has 31 heavy (non-hydrogen) atoms. The van der Waals surface area contributed by atoms with E-state index < -0.39 is 18.1 Å². The Balaban J connectivity index is 1.74. The van der Waals surface area contributed by atoms with Gasteiger partial charge in [-0.3, -0.25) is 9.69 Å². The zero-order chi connectivity index (χ0) is 22.1. The highest BCUT2D eigenvalue weighted by Crippen LogP contribution is 2.35. The second-order valence-corrected chi connectivity index (χ2v) is 7.52. The maximum atomic E-state index is 13.8. The van der Waals surface area contributed by atoms with Gasteiger partial charge in [0.15, 0.2) is 17.5 Å². The first kappa shape index (κ1) is 20.7. The molecule has 1 amide bonds. The van der Waals surface area contributed by atoms with E-state index >= 15 is 0 Å². The average Bonchev–Trinajstić information content (AvgIpc) is 3.38. The van der Waals surface area contributed by atoms with Crippen LogP contribution in [-0.2, 0) is 9.59 Å². The van der Waals surface area contributed by atoms with Gasteiger partial charge in [-0.2, -0.15) is 4.52 Å². The molecule has 1 unspecified atom stereocenters. The number of hydrogen-bond donors (Lipinski definition) is 2. The number of aromatic nitrogens is 3. The van der Waals surface area contributed by atoms with Gasteiger partial charge in [-0.1, -0.05) is 12.1 Å². The van der Waals surface area contributed by atoms with Crippen LogP contribution in [-0.4, -0.2) is 55.9 Å². The van der Waals surface area contributed by atoms with Gasteiger partial charge in [0.1, 0.15) is 11.6 Å². The van der Waals surface area contributed by atoms with Crippen LogP contribution in [0.25, 0.3) is 5.65 Å². The SMILES string of the molecule is CC(O)[C@H](C(=O)O)N(C=O)c1cnc2ccc(N3CCC[C@@H]3c3cccc(F)c3)nn12. The molecule has 3 heterocycles. The molecule has 1 fully saturated rings. The standard InChI is InChI=1S/C21H22FN5O4/c1-13(29)20(21(30)31)26(12-28)19-11-23-17-7-8-18(24-27(17)19)25-9-3-6-16(25)14-4-2-5-15(22)10-14/h2,4-5,7-8,10-13,16,20,29H,3,6,9H2,1H3,(H,30,31)/t13?,16-,20-/m1/s1. The Kier molecular flexibility index (Phi) is 5.55. The molecule has 2 N–H and O–H groups in total. The quantitative estimate of drug-likeness (QED) is 0.555. The monoisotopic (exact) mass is 427 g/mol. The predicted molar refractivity (Wildman–Crippen MR) is 110 cm³/mol. The van der Waals surface area contributed by atoms with E-state index in [9.17, 15) is 24.2 Å². The lowest BCUT2D eigenvalue weighted by Crippen LogP contribution is -2.48. The lowest BCUT2D eigenvalue weighted by molar-refractivity contribution is -0.141. The molecule has 1 saturated heterocycles. The molecule has 4 rings (SSSR count). The van der Waals surface area contributed by atoms with Crippen LogP contribution in [0.1, 0.15) is 31.4 Å². The molecule has 9 nitrogen and oxygen atoms in total. The fraction of sp³-hybridized carbons (Fsp3) is 0.333. The molecule has 0 saturated carbocycles. The summed E-state index contributed by atoms with van der Waals surface area (Å²) in [6.07, 6.45) is 2.11. The van der Waals surface area contributed by atoms with Gasteiger partial charge in [-0.15, -0.1) is 5.10 Å². The summed E-state index contributed by atoms with van der Waals surface area (Å²) < 4.78 is 15.1. The molecule has 1 aliphatic rings. The maximum absolute atomic E-state index is 13.8. The minimum atomic E-state index is -1.49. The Bertz CT molecular complexity index is 1120. The van der Waals surface area contributed by atoms with E-state index in [-0.39, 0.29) is 17.7 Å². The largest absolute Gasteiger partial charge is 0.480 e. The first-order valence-electron chi connectivity index (χ1n) is 9.92. The summed E-state index contributed by atoms with van der Waals surface area (Å²) in [5.74, 6) is -0.932. The number of hydrogen-bond acceptors (Lipinski definition) is 6. The highest BCUT2D eigenvalue weighted by molar-refractivity contribution is 5.88. The minimum Gasteiger partial charge on any atom is -0.480 e. The van der Waals surface area contributed by atoms with Crippen molar-refractivity contribution in [2.24, 2.45) is 0 Å². The Morgan fingerprint density at radius 1 is 1.35 bits per heavy atom. The normalized spacial score (nSPS) is 18.2. The molecule has 2 aromatic heterocycles. The third-order valence-electron chi connectivity index (χ3n) is 5.50. The van der Waals surface area contributed by atoms with Crippen LogP contribution in [0.2, 0.25) is 0 Å². The molecule has 0 spiro atoms. The van der Waals surface area contributed by atoms with E-state index in [1.54, 1.807) is 18.2 Å². The smallest absolute Gasteiger partial charge is 0.329 e. The third kappa shape index (κ3) is 3.81. The van der Waals surface area contributed by atoms with Crippen LogP contribution >= 0.6 is 0 Å². The Labute approximate surface area is 177 Å². The average molecular weight is 427 g/mol. The maximum Gasteiger partial charge on any atom is 0.329 e. The van der Waals surface area contributed by atoms with Crippen LogP contribution < -0.4 is 9.80 Å². The summed E-state index contributed by atoms with van der Waals surface area (Å²) in [6.45, 7) is 2.01. The minimum absolute atomic E-state index is 0.0565. The number of aliphatic hydroxyl groups excluding tert-OH is 1. The molecule has 1 aliphatic heterocycles. The van der Waals surface area contributed by atoms with E-state index in [2.05, 4.69) is 10.1 Å². The highest BCUT2D eigenvalue weighted by atomic mass is 19.1. The first-order chi connectivity index (χ1) is 14.9. The van der Waals surface area contributed by atoms with Crippen molar-refractivity contribution in [2.45, 2.75) is 38.0 Å². The van der Waals surface area contributed by atoms with Gasteiger partial charge in [0.25, 0.3) is 0 Å². The van der Waals surface area contributed by atoms with Crippen molar-refractivity contribution >= 4 is 29.7 Å². The summed E-state index contributed by atoms with van der Waals surface area (Å²) in [7, 11) is 0. The molecule has 10 heteroatoms. The number of nitrogens with zero attached hydrogens (tertiary/aromatic N) is 5. The van der Waals surface area contributed by atoms with E-state index in [1.807, 2.05) is 11.0 Å². The van der Waals surface area contributed by atoms with Gasteiger partial charge in [0, 0.05) is 6.54 Å². The number of imidazole rings is 1. The molecule has 0 aliphatic carbocycles. The summed E-state index contributed by atoms with van der Waals surface area (Å²) in [5.41, 5.74) is 1.27. The van der Waals surface area contributed by atoms with E-state index in [1.165, 1.54) is 29.8 Å². The number of carbonyl (C=O) groups is 2. The zero-order valence-corrected chi connectivity index (χ0v) is 16.8. The van der Waals surface area contributed by atoms with E-state index in [0.717, 1.165) is 23.3 Å². The summed E-state index contributed by atoms with van der Waals surface area (Å²) in [5, 5.41) is 24.0. The second kappa shape index (κ2) is 8.31. The van der Waals surface area contributed by atoms with Crippen LogP contribution in [0, 0.1) is 5.82 Å². The topological polar surface area (TPSA) is 111 Å². The molecule has 0 radical (unpaired) electrons. The molecular weight excluding hydrogens is 405 g/mol. The van der Waals surface area contributed by atoms with E-state index in [4.69, 9.17) is 0 Å². The number of carboxylic acid groups (broad SMARTS) is 1. The van der Waals surface area contributed by atoms with Crippen LogP contribution in [0.4, 0.5) is 16.0 Å². The molecule has 1 aromatic carbocycles. The summed E-state index contributed by atoms with van der Waals surface area (Å²) in [6, 6.07) is 8.43. The number of aliphatic carboxylic acids is 1. The van der Waals surface area contributed by atoms with Crippen molar-refractivity contribution in [3.8, 4) is 0 Å². The van der Waals surface area contributed by atoms with Crippen LogP contribution in [0.15, 0.2) is 42.6 Å². The van der Waals surface area contributed by atoms with Crippen molar-refractivity contribution in [3.63, 3.8) is 0 Å². The van der Waals surface area contributed by atoms with Crippen molar-refractivity contribution in [2.75, 3.05) is 16.3 Å². The van der Waals surface area contributed by atoms with Crippen molar-refractivity contribution in [3.05, 3.63) is 54.0 Å². The Morgan fingerprint density at radius 3 is 2.84 bits per heavy atom. The second-order valence-electron chi connectivity index (χ2n) is 7.52. The van der Waals surface area contributed by atoms with Gasteiger partial charge >= 0.3 is 5.97 Å². The first-order valence-corrected chi connectivity index (χ1v) is 9.92. The molecular formula is C21H22FN5O4. The molecule has 3 aromatic rings. The fourth-order valence-electron chi connectivity index (χ4n) is 4.10. The van der Waals surface area contributed by atoms with Gasteiger partial charge in [0.2, 0.25) is 6.41 Å². The number of carboxylic acids is 1. The Morgan fingerprint density at radius 2 is 2.16 bits per heavy atom. The molecule has 162 valence electrons. The number of carbonyl (C=O) groups excluding carboxylic acids is 1. The van der Waals surface area contributed by atoms with E-state index in [0.29, 0.717) is 24.4 Å². The number of benzene rings is 1. The zero-order valence-electron chi connectivity index (χ0n) is 16.8. The number of halogens is 1. The third-order valence-corrected chi connectivity index (χ3v) is 5.50.